The summed E-state index contributed by atoms with van der Waals surface area (Å²) in [6, 6.07) is -1.05. The number of amides is 2. The summed E-state index contributed by atoms with van der Waals surface area (Å²) >= 11 is 0. The molecule has 3 N–H and O–H groups in total. The average Bonchev–Trinajstić information content (AvgIpc) is 3.81. The molecule has 7 heterocycles. The van der Waals surface area contributed by atoms with Crippen molar-refractivity contribution in [2.45, 2.75) is 6.04 Å². The Hall–Kier alpha value is -6.10. The highest BCUT2D eigenvalue weighted by molar-refractivity contribution is 5.96. The van der Waals surface area contributed by atoms with E-state index in [0.29, 0.717) is 0 Å². The van der Waals surface area contributed by atoms with E-state index in [1.165, 1.54) is 37.4 Å². The second kappa shape index (κ2) is 9.27. The zero-order valence-electron chi connectivity index (χ0n) is 20.4. The Bertz CT molecular complexity index is 1940. The highest BCUT2D eigenvalue weighted by atomic mass is 16.4. The number of aliphatic hydroxyl groups excluding tert-OH is 1. The van der Waals surface area contributed by atoms with Gasteiger partial charge in [-0.15, -0.1) is 0 Å². The highest BCUT2D eigenvalue weighted by Crippen LogP contribution is 2.28. The van der Waals surface area contributed by atoms with Crippen molar-refractivity contribution in [3.63, 3.8) is 0 Å². The van der Waals surface area contributed by atoms with Crippen LogP contribution in [0, 0.1) is 0 Å². The summed E-state index contributed by atoms with van der Waals surface area (Å²) in [4.78, 5) is 50.7. The van der Waals surface area contributed by atoms with Crippen LogP contribution in [0.3, 0.4) is 0 Å². The smallest absolute Gasteiger partial charge is 0.293 e. The molecule has 1 atom stereocenters. The molecular formula is C24H14N8O9. The fraction of sp³-hybridized carbons (Fsp3) is 0.0833. The lowest BCUT2D eigenvalue weighted by atomic mass is 10.3. The number of hydrogen-bond acceptors (Lipinski definition) is 15. The molecule has 17 heteroatoms. The Balaban J connectivity index is 1.26. The van der Waals surface area contributed by atoms with E-state index >= 15 is 0 Å². The van der Waals surface area contributed by atoms with E-state index in [2.05, 4.69) is 47.1 Å². The lowest BCUT2D eigenvalue weighted by molar-refractivity contribution is 0.0877. The van der Waals surface area contributed by atoms with Gasteiger partial charge < -0.3 is 42.2 Å². The number of carbonyl (C=O) groups excluding carboxylic acids is 2. The summed E-state index contributed by atoms with van der Waals surface area (Å²) < 4.78 is 32.8. The topological polar surface area (TPSA) is 235 Å². The highest BCUT2D eigenvalue weighted by Gasteiger charge is 2.26. The van der Waals surface area contributed by atoms with E-state index in [4.69, 9.17) is 26.5 Å². The van der Waals surface area contributed by atoms with Crippen LogP contribution in [0.1, 0.15) is 38.9 Å². The molecule has 7 rings (SSSR count). The minimum atomic E-state index is -1.05. The Morgan fingerprint density at radius 3 is 1.85 bits per heavy atom. The van der Waals surface area contributed by atoms with Gasteiger partial charge >= 0.3 is 0 Å². The van der Waals surface area contributed by atoms with E-state index in [1.807, 2.05) is 0 Å². The van der Waals surface area contributed by atoms with E-state index in [1.54, 1.807) is 0 Å². The monoisotopic (exact) mass is 558 g/mol. The van der Waals surface area contributed by atoms with Crippen LogP contribution in [-0.4, -0.2) is 53.4 Å². The first-order valence-corrected chi connectivity index (χ1v) is 11.6. The third kappa shape index (κ3) is 4.27. The van der Waals surface area contributed by atoms with Crippen LogP contribution in [-0.2, 0) is 0 Å². The maximum atomic E-state index is 12.8. The predicted octanol–water partition coefficient (Wildman–Crippen LogP) is 2.46. The summed E-state index contributed by atoms with van der Waals surface area (Å²) in [5.41, 5.74) is 0.680. The average molecular weight is 558 g/mol. The van der Waals surface area contributed by atoms with Crippen molar-refractivity contribution in [1.29, 1.82) is 0 Å². The molecule has 204 valence electrons. The number of aliphatic hydroxyl groups is 1. The fourth-order valence-corrected chi connectivity index (χ4v) is 3.70. The first-order valence-electron chi connectivity index (χ1n) is 11.6. The quantitative estimate of drug-likeness (QED) is 0.263. The first-order chi connectivity index (χ1) is 19.9. The van der Waals surface area contributed by atoms with Crippen LogP contribution in [0.15, 0.2) is 70.5 Å². The molecule has 6 aromatic rings. The number of nitrogens with one attached hydrogen (secondary N) is 2. The largest absolute Gasteiger partial charge is 0.446 e. The molecule has 0 aromatic carbocycles. The van der Waals surface area contributed by atoms with Crippen LogP contribution in [0.25, 0.3) is 52.0 Å². The zero-order valence-corrected chi connectivity index (χ0v) is 20.4. The molecule has 1 aliphatic rings. The zero-order chi connectivity index (χ0) is 28.1. The Morgan fingerprint density at radius 2 is 1.22 bits per heavy atom. The van der Waals surface area contributed by atoms with E-state index in [-0.39, 0.29) is 75.3 Å². The van der Waals surface area contributed by atoms with Gasteiger partial charge in [0.1, 0.15) is 31.1 Å². The van der Waals surface area contributed by atoms with Crippen LogP contribution in [0.2, 0.25) is 0 Å². The SMILES string of the molecule is C=C1NC(=O)c2cnc(o2)-c2coc(n2)-c2coc(n2)[C@H](CO)NC(=O)c2cnc(o2)-c2coc(n2)-c2coc1n2. The molecule has 0 fully saturated rings. The summed E-state index contributed by atoms with van der Waals surface area (Å²) in [5, 5.41) is 14.9. The molecule has 0 saturated carbocycles. The van der Waals surface area contributed by atoms with Gasteiger partial charge in [0.2, 0.25) is 46.9 Å². The van der Waals surface area contributed by atoms with Crippen molar-refractivity contribution in [2.24, 2.45) is 0 Å². The second-order valence-electron chi connectivity index (χ2n) is 8.39. The Labute approximate surface area is 226 Å². The van der Waals surface area contributed by atoms with Gasteiger partial charge in [0.25, 0.3) is 11.8 Å². The number of rotatable bonds is 1. The molecule has 0 aliphatic carbocycles. The van der Waals surface area contributed by atoms with Crippen LogP contribution >= 0.6 is 0 Å². The van der Waals surface area contributed by atoms with Gasteiger partial charge in [0.05, 0.1) is 24.7 Å². The molecule has 6 aromatic heterocycles. The minimum absolute atomic E-state index is 0.0148. The van der Waals surface area contributed by atoms with Crippen molar-refractivity contribution in [2.75, 3.05) is 6.61 Å². The van der Waals surface area contributed by atoms with Crippen molar-refractivity contribution < 1.29 is 41.2 Å². The van der Waals surface area contributed by atoms with Crippen molar-refractivity contribution in [1.82, 2.24) is 40.5 Å². The van der Waals surface area contributed by atoms with E-state index in [9.17, 15) is 14.7 Å². The molecular weight excluding hydrogens is 544 g/mol. The predicted molar refractivity (Wildman–Crippen MR) is 129 cm³/mol. The number of carbonyl (C=O) groups is 2. The van der Waals surface area contributed by atoms with Crippen LogP contribution in [0.4, 0.5) is 0 Å². The lowest BCUT2D eigenvalue weighted by Crippen LogP contribution is -2.30. The van der Waals surface area contributed by atoms with Crippen LogP contribution < -0.4 is 10.6 Å². The van der Waals surface area contributed by atoms with Crippen molar-refractivity contribution in [3.8, 4) is 46.3 Å². The molecule has 17 nitrogen and oxygen atoms in total. The normalized spacial score (nSPS) is 15.3. The first kappa shape index (κ1) is 24.0. The maximum Gasteiger partial charge on any atom is 0.293 e. The van der Waals surface area contributed by atoms with Crippen molar-refractivity contribution in [3.05, 3.63) is 67.3 Å². The van der Waals surface area contributed by atoms with E-state index in [0.717, 1.165) is 0 Å². The number of nitrogens with zero attached hydrogens (tertiary/aromatic N) is 6. The molecule has 2 amide bonds. The Morgan fingerprint density at radius 1 is 0.707 bits per heavy atom. The van der Waals surface area contributed by atoms with Gasteiger partial charge in [-0.05, 0) is 0 Å². The van der Waals surface area contributed by atoms with Gasteiger partial charge in [-0.25, -0.2) is 29.9 Å². The van der Waals surface area contributed by atoms with E-state index < -0.39 is 24.5 Å². The van der Waals surface area contributed by atoms with Gasteiger partial charge in [0.15, 0.2) is 22.8 Å². The lowest BCUT2D eigenvalue weighted by Gasteiger charge is -2.11. The molecule has 12 bridgehead atoms. The molecule has 0 saturated heterocycles. The third-order valence-corrected chi connectivity index (χ3v) is 5.68. The molecule has 41 heavy (non-hydrogen) atoms. The summed E-state index contributed by atoms with van der Waals surface area (Å²) in [6.07, 6.45) is 7.33. The molecule has 0 radical (unpaired) electrons. The molecule has 0 unspecified atom stereocenters. The van der Waals surface area contributed by atoms with Gasteiger partial charge in [-0.1, -0.05) is 6.58 Å². The number of oxazole rings is 6. The second-order valence-corrected chi connectivity index (χ2v) is 8.39. The van der Waals surface area contributed by atoms with Crippen LogP contribution in [0.5, 0.6) is 0 Å². The fourth-order valence-electron chi connectivity index (χ4n) is 3.70. The number of hydrogen-bond donors (Lipinski definition) is 3. The van der Waals surface area contributed by atoms with Gasteiger partial charge in [-0.2, -0.15) is 0 Å². The summed E-state index contributed by atoms with van der Waals surface area (Å²) in [6.45, 7) is 3.22. The van der Waals surface area contributed by atoms with Gasteiger partial charge in [0, 0.05) is 0 Å². The maximum absolute atomic E-state index is 12.8. The third-order valence-electron chi connectivity index (χ3n) is 5.68. The number of aromatic nitrogens is 6. The molecule has 1 aliphatic heterocycles. The standard InChI is InChI=1S/C24H14N8O9/c1-9-19-29-13(7-36-19)23-30-12(5-38-23)21-26-3-16(41-21)18(35)28-10(4-33)22-32-14(8-37-22)24-31-11(6-39-24)20-25-2-15(40-20)17(34)27-9/h2-3,5-8,10,33H,1,4H2,(H,27,34)(H,28,35)/t10-/m0/s1. The Kier molecular flexibility index (Phi) is 5.42. The number of fused-ring (bicyclic) bond motifs is 16. The summed E-state index contributed by atoms with van der Waals surface area (Å²) in [7, 11) is 0. The summed E-state index contributed by atoms with van der Waals surface area (Å²) in [5.74, 6) is -1.75. The van der Waals surface area contributed by atoms with Crippen molar-refractivity contribution >= 4 is 17.5 Å². The minimum Gasteiger partial charge on any atom is -0.446 e. The molecule has 0 spiro atoms. The van der Waals surface area contributed by atoms with Gasteiger partial charge in [-0.3, -0.25) is 9.59 Å².